The van der Waals surface area contributed by atoms with Crippen LogP contribution in [-0.4, -0.2) is 54.4 Å². The molecule has 0 saturated heterocycles. The number of likely N-dealkylation sites (N-methyl/N-ethyl adjacent to an activating group) is 1. The van der Waals surface area contributed by atoms with Gasteiger partial charge in [0.25, 0.3) is 5.56 Å². The van der Waals surface area contributed by atoms with Crippen molar-refractivity contribution in [1.82, 2.24) is 19.9 Å². The standard InChI is InChI=1S/C13H19N5O3S/c1-9-7-11(20)18-12(15-9)22-13(16-18)17(2)8-10(19)14-5-4-6-21-3/h7H,4-6,8H2,1-3H3,(H,14,19). The van der Waals surface area contributed by atoms with Gasteiger partial charge in [-0.25, -0.2) is 4.98 Å². The Morgan fingerprint density at radius 3 is 3.05 bits per heavy atom. The van der Waals surface area contributed by atoms with Gasteiger partial charge in [0.1, 0.15) is 0 Å². The third-order valence-corrected chi connectivity index (χ3v) is 3.94. The Morgan fingerprint density at radius 2 is 2.32 bits per heavy atom. The van der Waals surface area contributed by atoms with E-state index in [4.69, 9.17) is 4.74 Å². The lowest BCUT2D eigenvalue weighted by molar-refractivity contribution is -0.119. The second kappa shape index (κ2) is 7.32. The van der Waals surface area contributed by atoms with Crippen LogP contribution in [0, 0.1) is 6.92 Å². The molecule has 9 heteroatoms. The topological polar surface area (TPSA) is 88.8 Å². The molecule has 2 aromatic heterocycles. The molecule has 2 rings (SSSR count). The van der Waals surface area contributed by atoms with Gasteiger partial charge in [-0.3, -0.25) is 9.59 Å². The maximum atomic E-state index is 11.8. The van der Waals surface area contributed by atoms with E-state index in [2.05, 4.69) is 15.4 Å². The minimum absolute atomic E-state index is 0.102. The zero-order valence-electron chi connectivity index (χ0n) is 12.8. The van der Waals surface area contributed by atoms with Crippen LogP contribution in [0.15, 0.2) is 10.9 Å². The number of methoxy groups -OCH3 is 1. The fourth-order valence-corrected chi connectivity index (χ4v) is 2.76. The highest BCUT2D eigenvalue weighted by molar-refractivity contribution is 7.20. The Hall–Kier alpha value is -2.00. The molecular weight excluding hydrogens is 306 g/mol. The highest BCUT2D eigenvalue weighted by Gasteiger charge is 2.13. The van der Waals surface area contributed by atoms with Gasteiger partial charge in [0.05, 0.1) is 6.54 Å². The highest BCUT2D eigenvalue weighted by Crippen LogP contribution is 2.19. The monoisotopic (exact) mass is 325 g/mol. The van der Waals surface area contributed by atoms with E-state index in [0.717, 1.165) is 6.42 Å². The van der Waals surface area contributed by atoms with E-state index in [1.807, 2.05) is 0 Å². The molecule has 22 heavy (non-hydrogen) atoms. The summed E-state index contributed by atoms with van der Waals surface area (Å²) in [6, 6.07) is 1.43. The van der Waals surface area contributed by atoms with E-state index in [9.17, 15) is 9.59 Å². The molecule has 0 aliphatic carbocycles. The van der Waals surface area contributed by atoms with Crippen LogP contribution >= 0.6 is 11.3 Å². The van der Waals surface area contributed by atoms with Crippen molar-refractivity contribution in [3.63, 3.8) is 0 Å². The van der Waals surface area contributed by atoms with Gasteiger partial charge in [-0.15, -0.1) is 5.10 Å². The first kappa shape index (κ1) is 16.4. The van der Waals surface area contributed by atoms with E-state index in [0.29, 0.717) is 28.9 Å². The summed E-state index contributed by atoms with van der Waals surface area (Å²) in [5.74, 6) is -0.102. The first-order chi connectivity index (χ1) is 10.5. The summed E-state index contributed by atoms with van der Waals surface area (Å²) in [6.45, 7) is 3.11. The summed E-state index contributed by atoms with van der Waals surface area (Å²) in [4.78, 5) is 30.1. The zero-order chi connectivity index (χ0) is 16.1. The molecule has 0 aliphatic heterocycles. The molecule has 0 spiro atoms. The van der Waals surface area contributed by atoms with Crippen molar-refractivity contribution in [2.45, 2.75) is 13.3 Å². The molecule has 1 amide bonds. The molecule has 0 aromatic carbocycles. The number of aromatic nitrogens is 3. The Bertz CT molecular complexity index is 711. The Morgan fingerprint density at radius 1 is 1.55 bits per heavy atom. The number of nitrogens with zero attached hydrogens (tertiary/aromatic N) is 4. The number of hydrogen-bond acceptors (Lipinski definition) is 7. The minimum atomic E-state index is -0.220. The molecule has 2 aromatic rings. The van der Waals surface area contributed by atoms with Crippen molar-refractivity contribution in [3.05, 3.63) is 22.1 Å². The number of carbonyl (C=O) groups excluding carboxylic acids is 1. The Labute approximate surface area is 131 Å². The molecule has 0 radical (unpaired) electrons. The van der Waals surface area contributed by atoms with Crippen LogP contribution in [-0.2, 0) is 9.53 Å². The number of fused-ring (bicyclic) bond motifs is 1. The predicted octanol–water partition coefficient (Wildman–Crippen LogP) is 0.0483. The van der Waals surface area contributed by atoms with Gasteiger partial charge in [0.2, 0.25) is 16.0 Å². The smallest absolute Gasteiger partial charge is 0.275 e. The highest BCUT2D eigenvalue weighted by atomic mass is 32.1. The largest absolute Gasteiger partial charge is 0.385 e. The number of rotatable bonds is 7. The van der Waals surface area contributed by atoms with Gasteiger partial charge >= 0.3 is 0 Å². The van der Waals surface area contributed by atoms with Crippen LogP contribution in [0.25, 0.3) is 4.96 Å². The number of nitrogens with one attached hydrogen (secondary N) is 1. The molecule has 2 heterocycles. The van der Waals surface area contributed by atoms with Crippen LogP contribution in [0.3, 0.4) is 0 Å². The Balaban J connectivity index is 2.00. The zero-order valence-corrected chi connectivity index (χ0v) is 13.6. The van der Waals surface area contributed by atoms with Gasteiger partial charge in [-0.1, -0.05) is 11.3 Å². The summed E-state index contributed by atoms with van der Waals surface area (Å²) in [6.07, 6.45) is 0.770. The average Bonchev–Trinajstić information content (AvgIpc) is 2.88. The Kier molecular flexibility index (Phi) is 5.45. The number of amides is 1. The maximum Gasteiger partial charge on any atom is 0.275 e. The quantitative estimate of drug-likeness (QED) is 0.724. The van der Waals surface area contributed by atoms with Gasteiger partial charge in [-0.05, 0) is 13.3 Å². The third-order valence-electron chi connectivity index (χ3n) is 2.92. The lowest BCUT2D eigenvalue weighted by atomic mass is 10.4. The fraction of sp³-hybridized carbons (Fsp3) is 0.538. The van der Waals surface area contributed by atoms with E-state index in [1.165, 1.54) is 21.9 Å². The fourth-order valence-electron chi connectivity index (χ4n) is 1.85. The van der Waals surface area contributed by atoms with Crippen LogP contribution < -0.4 is 15.8 Å². The molecule has 8 nitrogen and oxygen atoms in total. The van der Waals surface area contributed by atoms with Crippen LogP contribution in [0.2, 0.25) is 0 Å². The van der Waals surface area contributed by atoms with Crippen molar-refractivity contribution >= 4 is 27.3 Å². The molecule has 120 valence electrons. The summed E-state index contributed by atoms with van der Waals surface area (Å²) in [5.41, 5.74) is 0.432. The van der Waals surface area contributed by atoms with Gasteiger partial charge in [0.15, 0.2) is 0 Å². The van der Waals surface area contributed by atoms with Crippen LogP contribution in [0.1, 0.15) is 12.1 Å². The summed E-state index contributed by atoms with van der Waals surface area (Å²) in [7, 11) is 3.38. The van der Waals surface area contributed by atoms with E-state index >= 15 is 0 Å². The van der Waals surface area contributed by atoms with Crippen molar-refractivity contribution in [3.8, 4) is 0 Å². The van der Waals surface area contributed by atoms with E-state index in [1.54, 1.807) is 26.0 Å². The van der Waals surface area contributed by atoms with Crippen LogP contribution in [0.5, 0.6) is 0 Å². The molecule has 0 fully saturated rings. The summed E-state index contributed by atoms with van der Waals surface area (Å²) < 4.78 is 6.17. The molecular formula is C13H19N5O3S. The minimum Gasteiger partial charge on any atom is -0.385 e. The molecule has 1 N–H and O–H groups in total. The summed E-state index contributed by atoms with van der Waals surface area (Å²) >= 11 is 1.27. The SMILES string of the molecule is COCCCNC(=O)CN(C)c1nn2c(=O)cc(C)nc2s1. The second-order valence-corrected chi connectivity index (χ2v) is 5.80. The predicted molar refractivity (Wildman–Crippen MR) is 84.6 cm³/mol. The first-order valence-electron chi connectivity index (χ1n) is 6.85. The maximum absolute atomic E-state index is 11.8. The molecule has 0 aliphatic rings. The number of anilines is 1. The van der Waals surface area contributed by atoms with Crippen molar-refractivity contribution in [1.29, 1.82) is 0 Å². The first-order valence-corrected chi connectivity index (χ1v) is 7.67. The van der Waals surface area contributed by atoms with E-state index < -0.39 is 0 Å². The number of aryl methyl sites for hydroxylation is 1. The third kappa shape index (κ3) is 4.01. The van der Waals surface area contributed by atoms with Gasteiger partial charge in [-0.2, -0.15) is 4.52 Å². The van der Waals surface area contributed by atoms with E-state index in [-0.39, 0.29) is 18.0 Å². The van der Waals surface area contributed by atoms with Gasteiger partial charge in [0, 0.05) is 39.1 Å². The second-order valence-electron chi connectivity index (χ2n) is 4.87. The van der Waals surface area contributed by atoms with Crippen molar-refractivity contribution < 1.29 is 9.53 Å². The van der Waals surface area contributed by atoms with Crippen molar-refractivity contribution in [2.75, 3.05) is 38.8 Å². The molecule has 0 unspecified atom stereocenters. The lowest BCUT2D eigenvalue weighted by Crippen LogP contribution is -2.36. The summed E-state index contributed by atoms with van der Waals surface area (Å²) in [5, 5.41) is 7.58. The molecule has 0 atom stereocenters. The van der Waals surface area contributed by atoms with Crippen molar-refractivity contribution in [2.24, 2.45) is 0 Å². The molecule has 0 saturated carbocycles. The van der Waals surface area contributed by atoms with Gasteiger partial charge < -0.3 is 15.0 Å². The van der Waals surface area contributed by atoms with Crippen LogP contribution in [0.4, 0.5) is 5.13 Å². The lowest BCUT2D eigenvalue weighted by Gasteiger charge is -2.14. The normalized spacial score (nSPS) is 10.9. The number of hydrogen-bond donors (Lipinski definition) is 1. The number of carbonyl (C=O) groups is 1. The number of ether oxygens (including phenoxy) is 1. The average molecular weight is 325 g/mol. The molecule has 0 bridgehead atoms.